The first-order valence-electron chi connectivity index (χ1n) is 5.95. The van der Waals surface area contributed by atoms with Crippen molar-refractivity contribution in [2.24, 2.45) is 5.41 Å². The van der Waals surface area contributed by atoms with Crippen molar-refractivity contribution in [1.82, 2.24) is 0 Å². The van der Waals surface area contributed by atoms with Crippen molar-refractivity contribution < 1.29 is 14.7 Å². The zero-order valence-corrected chi connectivity index (χ0v) is 10.8. The van der Waals surface area contributed by atoms with Gasteiger partial charge in [-0.15, -0.1) is 0 Å². The van der Waals surface area contributed by atoms with Gasteiger partial charge in [0.05, 0.1) is 0 Å². The van der Waals surface area contributed by atoms with E-state index in [1.807, 2.05) is 36.4 Å². The molecule has 0 saturated carbocycles. The number of rotatable bonds is 3. The van der Waals surface area contributed by atoms with Gasteiger partial charge >= 0.3 is 5.97 Å². The maximum Gasteiger partial charge on any atom is 0.318 e. The highest BCUT2D eigenvalue weighted by atomic mass is 16.4. The third kappa shape index (κ3) is 2.57. The molecular weight excluding hydrogens is 242 g/mol. The summed E-state index contributed by atoms with van der Waals surface area (Å²) >= 11 is 0. The average molecular weight is 257 g/mol. The molecule has 0 atom stereocenters. The van der Waals surface area contributed by atoms with Crippen LogP contribution in [0.4, 0.5) is 5.69 Å². The number of carboxylic acids is 1. The Hall–Kier alpha value is -2.36. The highest BCUT2D eigenvalue weighted by Crippen LogP contribution is 2.22. The van der Waals surface area contributed by atoms with Crippen molar-refractivity contribution in [3.63, 3.8) is 0 Å². The standard InChI is InChI=1S/C15H15NO3/c1-15(2,14(18)19)13(17)16-12-8-7-10-5-3-4-6-11(10)9-12/h3-9H,1-2H3,(H,16,17)(H,18,19). The molecule has 98 valence electrons. The number of aliphatic carboxylic acids is 1. The molecule has 1 amide bonds. The van der Waals surface area contributed by atoms with Crippen molar-refractivity contribution in [2.45, 2.75) is 13.8 Å². The number of hydrogen-bond acceptors (Lipinski definition) is 2. The van der Waals surface area contributed by atoms with E-state index in [4.69, 9.17) is 5.11 Å². The van der Waals surface area contributed by atoms with Gasteiger partial charge in [0, 0.05) is 5.69 Å². The molecule has 0 heterocycles. The maximum absolute atomic E-state index is 11.9. The van der Waals surface area contributed by atoms with E-state index in [1.54, 1.807) is 6.07 Å². The molecule has 0 aliphatic carbocycles. The van der Waals surface area contributed by atoms with Gasteiger partial charge in [-0.25, -0.2) is 0 Å². The fourth-order valence-electron chi connectivity index (χ4n) is 1.65. The third-order valence-electron chi connectivity index (χ3n) is 3.11. The number of carbonyl (C=O) groups is 2. The summed E-state index contributed by atoms with van der Waals surface area (Å²) in [6.07, 6.45) is 0. The number of benzene rings is 2. The van der Waals surface area contributed by atoms with Crippen LogP contribution in [0.3, 0.4) is 0 Å². The molecule has 4 heteroatoms. The largest absolute Gasteiger partial charge is 0.480 e. The monoisotopic (exact) mass is 257 g/mol. The van der Waals surface area contributed by atoms with E-state index in [1.165, 1.54) is 13.8 Å². The number of nitrogens with one attached hydrogen (secondary N) is 1. The molecule has 2 aromatic carbocycles. The summed E-state index contributed by atoms with van der Waals surface area (Å²) < 4.78 is 0. The lowest BCUT2D eigenvalue weighted by Gasteiger charge is -2.18. The molecule has 0 bridgehead atoms. The van der Waals surface area contributed by atoms with Gasteiger partial charge in [0.2, 0.25) is 5.91 Å². The van der Waals surface area contributed by atoms with Crippen molar-refractivity contribution in [1.29, 1.82) is 0 Å². The second-order valence-electron chi connectivity index (χ2n) is 4.95. The van der Waals surface area contributed by atoms with Gasteiger partial charge in [0.15, 0.2) is 0 Å². The number of carbonyl (C=O) groups excluding carboxylic acids is 1. The van der Waals surface area contributed by atoms with Crippen LogP contribution in [0.2, 0.25) is 0 Å². The van der Waals surface area contributed by atoms with Crippen molar-refractivity contribution in [3.05, 3.63) is 42.5 Å². The zero-order valence-electron chi connectivity index (χ0n) is 10.8. The molecule has 2 rings (SSSR count). The summed E-state index contributed by atoms with van der Waals surface area (Å²) in [5.41, 5.74) is -0.857. The molecule has 0 aliphatic rings. The van der Waals surface area contributed by atoms with E-state index in [9.17, 15) is 9.59 Å². The van der Waals surface area contributed by atoms with Crippen LogP contribution in [-0.2, 0) is 9.59 Å². The predicted octanol–water partition coefficient (Wildman–Crippen LogP) is 2.89. The van der Waals surface area contributed by atoms with Crippen LogP contribution in [-0.4, -0.2) is 17.0 Å². The van der Waals surface area contributed by atoms with Gasteiger partial charge in [-0.2, -0.15) is 0 Å². The van der Waals surface area contributed by atoms with Crippen LogP contribution in [0, 0.1) is 5.41 Å². The second kappa shape index (κ2) is 4.72. The average Bonchev–Trinajstić information content (AvgIpc) is 2.38. The molecule has 0 aliphatic heterocycles. The van der Waals surface area contributed by atoms with E-state index in [0.29, 0.717) is 5.69 Å². The lowest BCUT2D eigenvalue weighted by molar-refractivity contribution is -0.151. The molecule has 0 saturated heterocycles. The number of carboxylic acid groups (broad SMARTS) is 1. The zero-order chi connectivity index (χ0) is 14.0. The molecule has 0 spiro atoms. The van der Waals surface area contributed by atoms with Gasteiger partial charge in [0.25, 0.3) is 0 Å². The van der Waals surface area contributed by atoms with E-state index in [-0.39, 0.29) is 0 Å². The number of fused-ring (bicyclic) bond motifs is 1. The highest BCUT2D eigenvalue weighted by Gasteiger charge is 2.35. The van der Waals surface area contributed by atoms with Gasteiger partial charge < -0.3 is 10.4 Å². The highest BCUT2D eigenvalue weighted by molar-refractivity contribution is 6.08. The molecule has 0 radical (unpaired) electrons. The summed E-state index contributed by atoms with van der Waals surface area (Å²) in [6, 6.07) is 13.2. The lowest BCUT2D eigenvalue weighted by atomic mass is 9.92. The van der Waals surface area contributed by atoms with E-state index in [0.717, 1.165) is 10.8 Å². The van der Waals surface area contributed by atoms with E-state index in [2.05, 4.69) is 5.32 Å². The molecule has 2 aromatic rings. The van der Waals surface area contributed by atoms with Gasteiger partial charge in [0.1, 0.15) is 5.41 Å². The smallest absolute Gasteiger partial charge is 0.318 e. The Morgan fingerprint density at radius 1 is 1.05 bits per heavy atom. The first kappa shape index (κ1) is 13.1. The first-order valence-corrected chi connectivity index (χ1v) is 5.95. The van der Waals surface area contributed by atoms with Crippen LogP contribution in [0.25, 0.3) is 10.8 Å². The quantitative estimate of drug-likeness (QED) is 0.831. The summed E-state index contributed by atoms with van der Waals surface area (Å²) in [5, 5.41) is 13.7. The predicted molar refractivity (Wildman–Crippen MR) is 74.0 cm³/mol. The number of amides is 1. The van der Waals surface area contributed by atoms with Gasteiger partial charge in [-0.3, -0.25) is 9.59 Å². The Morgan fingerprint density at radius 2 is 1.68 bits per heavy atom. The molecule has 0 unspecified atom stereocenters. The summed E-state index contributed by atoms with van der Waals surface area (Å²) in [6.45, 7) is 2.76. The minimum absolute atomic E-state index is 0.532. The Morgan fingerprint density at radius 3 is 2.32 bits per heavy atom. The molecule has 0 fully saturated rings. The lowest BCUT2D eigenvalue weighted by Crippen LogP contribution is -2.37. The van der Waals surface area contributed by atoms with E-state index >= 15 is 0 Å². The fourth-order valence-corrected chi connectivity index (χ4v) is 1.65. The maximum atomic E-state index is 11.9. The number of anilines is 1. The van der Waals surface area contributed by atoms with Gasteiger partial charge in [-0.1, -0.05) is 30.3 Å². The summed E-state index contributed by atoms with van der Waals surface area (Å²) in [5.74, 6) is -1.68. The number of hydrogen-bond donors (Lipinski definition) is 2. The SMILES string of the molecule is CC(C)(C(=O)O)C(=O)Nc1ccc2ccccc2c1. The molecule has 0 aromatic heterocycles. The van der Waals surface area contributed by atoms with E-state index < -0.39 is 17.3 Å². The Bertz CT molecular complexity index is 647. The first-order chi connectivity index (χ1) is 8.91. The molecule has 2 N–H and O–H groups in total. The molecule has 19 heavy (non-hydrogen) atoms. The van der Waals surface area contributed by atoms with Crippen molar-refractivity contribution >= 4 is 28.3 Å². The van der Waals surface area contributed by atoms with Crippen molar-refractivity contribution in [2.75, 3.05) is 5.32 Å². The van der Waals surface area contributed by atoms with Crippen LogP contribution < -0.4 is 5.32 Å². The van der Waals surface area contributed by atoms with Crippen LogP contribution in [0.15, 0.2) is 42.5 Å². The summed E-state index contributed by atoms with van der Waals surface area (Å²) in [7, 11) is 0. The van der Waals surface area contributed by atoms with Crippen LogP contribution in [0.1, 0.15) is 13.8 Å². The minimum atomic E-state index is -1.45. The molecule has 4 nitrogen and oxygen atoms in total. The third-order valence-corrected chi connectivity index (χ3v) is 3.11. The van der Waals surface area contributed by atoms with Crippen LogP contribution in [0.5, 0.6) is 0 Å². The van der Waals surface area contributed by atoms with Crippen LogP contribution >= 0.6 is 0 Å². The summed E-state index contributed by atoms with van der Waals surface area (Å²) in [4.78, 5) is 22.9. The second-order valence-corrected chi connectivity index (χ2v) is 4.95. The minimum Gasteiger partial charge on any atom is -0.480 e. The Kier molecular flexibility index (Phi) is 3.25. The van der Waals surface area contributed by atoms with Crippen molar-refractivity contribution in [3.8, 4) is 0 Å². The fraction of sp³-hybridized carbons (Fsp3) is 0.200. The Balaban J connectivity index is 2.27. The Labute approximate surface area is 111 Å². The molecular formula is C15H15NO3. The normalized spacial score (nSPS) is 11.3. The van der Waals surface area contributed by atoms with Gasteiger partial charge in [-0.05, 0) is 36.8 Å². The topological polar surface area (TPSA) is 66.4 Å².